The molecule has 2 aromatic rings. The molecule has 0 bridgehead atoms. The average molecular weight is 292 g/mol. The van der Waals surface area contributed by atoms with Crippen LogP contribution in [0.1, 0.15) is 32.1 Å². The van der Waals surface area contributed by atoms with E-state index in [0.717, 1.165) is 5.69 Å². The molecule has 7 heteroatoms. The van der Waals surface area contributed by atoms with Crippen LogP contribution in [0.2, 0.25) is 0 Å². The maximum absolute atomic E-state index is 10.4. The van der Waals surface area contributed by atoms with Gasteiger partial charge in [-0.3, -0.25) is 4.98 Å². The molecule has 0 aromatic carbocycles. The van der Waals surface area contributed by atoms with Crippen molar-refractivity contribution in [1.82, 2.24) is 9.97 Å². The van der Waals surface area contributed by atoms with Gasteiger partial charge in [0.2, 0.25) is 0 Å². The van der Waals surface area contributed by atoms with Gasteiger partial charge in [-0.1, -0.05) is 6.07 Å². The number of carboxylic acids is 2. The second-order valence-corrected chi connectivity index (χ2v) is 3.92. The average Bonchev–Trinajstić information content (AvgIpc) is 2.43. The molecular weight excluding hydrogens is 276 g/mol. The number of aromatic carboxylic acids is 2. The van der Waals surface area contributed by atoms with E-state index in [1.54, 1.807) is 0 Å². The fraction of sp³-hybridized carbons (Fsp3) is 0.143. The van der Waals surface area contributed by atoms with Crippen LogP contribution in [0.5, 0.6) is 0 Å². The summed E-state index contributed by atoms with van der Waals surface area (Å²) in [6.07, 6.45) is 3.04. The molecule has 0 spiro atoms. The number of hydrogen-bond donors (Lipinski definition) is 2. The number of carbonyl (C=O) groups is 2. The number of pyridine rings is 2. The van der Waals surface area contributed by atoms with Gasteiger partial charge in [0.1, 0.15) is 0 Å². The van der Waals surface area contributed by atoms with Crippen molar-refractivity contribution < 1.29 is 25.3 Å². The Labute approximate surface area is 121 Å². The predicted octanol–water partition coefficient (Wildman–Crippen LogP) is 1.35. The second kappa shape index (κ2) is 8.39. The molecule has 0 saturated carbocycles. The lowest BCUT2D eigenvalue weighted by molar-refractivity contribution is 0.0646. The molecule has 0 unspecified atom stereocenters. The molecular formula is C14H16N2O5. The van der Waals surface area contributed by atoms with Crippen LogP contribution in [0.4, 0.5) is 0 Å². The van der Waals surface area contributed by atoms with E-state index >= 15 is 0 Å². The van der Waals surface area contributed by atoms with E-state index < -0.39 is 17.6 Å². The van der Waals surface area contributed by atoms with Crippen molar-refractivity contribution in [2.75, 3.05) is 0 Å². The van der Waals surface area contributed by atoms with E-state index in [9.17, 15) is 9.59 Å². The summed E-state index contributed by atoms with van der Waals surface area (Å²) in [7, 11) is 0. The minimum atomic E-state index is -1.34. The van der Waals surface area contributed by atoms with Gasteiger partial charge in [0.15, 0.2) is 5.69 Å². The molecule has 2 heterocycles. The van der Waals surface area contributed by atoms with Crippen LogP contribution >= 0.6 is 0 Å². The summed E-state index contributed by atoms with van der Waals surface area (Å²) in [4.78, 5) is 28.3. The lowest BCUT2D eigenvalue weighted by Crippen LogP contribution is -2.09. The van der Waals surface area contributed by atoms with E-state index in [2.05, 4.69) is 23.0 Å². The van der Waals surface area contributed by atoms with Crippen LogP contribution in [0.15, 0.2) is 36.7 Å². The first kappa shape index (κ1) is 18.2. The number of rotatable bonds is 2. The summed E-state index contributed by atoms with van der Waals surface area (Å²) in [5.74, 6) is -2.63. The Kier molecular flexibility index (Phi) is 7.27. The maximum Gasteiger partial charge on any atom is 0.355 e. The fourth-order valence-corrected chi connectivity index (χ4v) is 1.31. The molecule has 0 atom stereocenters. The molecule has 21 heavy (non-hydrogen) atoms. The Morgan fingerprint density at radius 2 is 1.52 bits per heavy atom. The molecule has 0 fully saturated rings. The first-order valence-electron chi connectivity index (χ1n) is 5.73. The van der Waals surface area contributed by atoms with Crippen LogP contribution in [0.25, 0.3) is 0 Å². The van der Waals surface area contributed by atoms with Crippen molar-refractivity contribution in [1.29, 1.82) is 0 Å². The second-order valence-electron chi connectivity index (χ2n) is 3.92. The van der Waals surface area contributed by atoms with Crippen LogP contribution in [0, 0.1) is 13.8 Å². The minimum absolute atomic E-state index is 0. The Hall–Kier alpha value is -2.80. The molecule has 4 N–H and O–H groups in total. The summed E-state index contributed by atoms with van der Waals surface area (Å²) in [6, 6.07) is 6.57. The molecule has 2 rings (SSSR count). The lowest BCUT2D eigenvalue weighted by Gasteiger charge is -1.97. The van der Waals surface area contributed by atoms with E-state index in [4.69, 9.17) is 10.2 Å². The van der Waals surface area contributed by atoms with Crippen molar-refractivity contribution >= 4 is 11.9 Å². The molecule has 0 aliphatic heterocycles. The number of hydrogen-bond acceptors (Lipinski definition) is 4. The zero-order valence-corrected chi connectivity index (χ0v) is 11.6. The third kappa shape index (κ3) is 5.37. The summed E-state index contributed by atoms with van der Waals surface area (Å²) in [6.45, 7) is 4.07. The molecule has 0 amide bonds. The molecule has 0 radical (unpaired) electrons. The first-order chi connectivity index (χ1) is 9.43. The van der Waals surface area contributed by atoms with Gasteiger partial charge in [-0.25, -0.2) is 14.6 Å². The lowest BCUT2D eigenvalue weighted by atomic mass is 10.2. The van der Waals surface area contributed by atoms with Gasteiger partial charge in [0.05, 0.1) is 5.56 Å². The van der Waals surface area contributed by atoms with Crippen molar-refractivity contribution in [2.45, 2.75) is 13.8 Å². The Bertz CT molecular complexity index is 574. The summed E-state index contributed by atoms with van der Waals surface area (Å²) >= 11 is 0. The maximum atomic E-state index is 10.4. The van der Waals surface area contributed by atoms with Crippen LogP contribution in [0.3, 0.4) is 0 Å². The summed E-state index contributed by atoms with van der Waals surface area (Å²) in [5, 5.41) is 17.0. The Balaban J connectivity index is 0.000000390. The Morgan fingerprint density at radius 1 is 0.952 bits per heavy atom. The van der Waals surface area contributed by atoms with Gasteiger partial charge >= 0.3 is 11.9 Å². The number of aryl methyl sites for hydroxylation is 2. The quantitative estimate of drug-likeness (QED) is 0.858. The third-order valence-corrected chi connectivity index (χ3v) is 2.51. The van der Waals surface area contributed by atoms with Crippen LogP contribution < -0.4 is 0 Å². The van der Waals surface area contributed by atoms with Crippen LogP contribution in [-0.2, 0) is 0 Å². The summed E-state index contributed by atoms with van der Waals surface area (Å²) < 4.78 is 0. The van der Waals surface area contributed by atoms with Crippen molar-refractivity contribution in [3.05, 3.63) is 59.2 Å². The molecule has 0 saturated heterocycles. The van der Waals surface area contributed by atoms with Crippen molar-refractivity contribution in [2.24, 2.45) is 0 Å². The Morgan fingerprint density at radius 3 is 1.90 bits per heavy atom. The third-order valence-electron chi connectivity index (χ3n) is 2.51. The van der Waals surface area contributed by atoms with Gasteiger partial charge in [-0.2, -0.15) is 0 Å². The van der Waals surface area contributed by atoms with Gasteiger partial charge in [0.25, 0.3) is 0 Å². The monoisotopic (exact) mass is 292 g/mol. The van der Waals surface area contributed by atoms with Gasteiger partial charge < -0.3 is 15.7 Å². The SMILES string of the molecule is Cc1cccnc1C.O.O=C(O)c1cccnc1C(=O)O. The normalized spacial score (nSPS) is 8.86. The van der Waals surface area contributed by atoms with E-state index in [-0.39, 0.29) is 11.0 Å². The predicted molar refractivity (Wildman–Crippen MR) is 75.5 cm³/mol. The largest absolute Gasteiger partial charge is 0.478 e. The van der Waals surface area contributed by atoms with Crippen LogP contribution in [-0.4, -0.2) is 37.6 Å². The number of aromatic nitrogens is 2. The zero-order valence-electron chi connectivity index (χ0n) is 11.6. The number of nitrogens with zero attached hydrogens (tertiary/aromatic N) is 2. The zero-order chi connectivity index (χ0) is 15.1. The first-order valence-corrected chi connectivity index (χ1v) is 5.73. The minimum Gasteiger partial charge on any atom is -0.478 e. The van der Waals surface area contributed by atoms with E-state index in [1.165, 1.54) is 23.9 Å². The topological polar surface area (TPSA) is 132 Å². The molecule has 112 valence electrons. The molecule has 2 aromatic heterocycles. The van der Waals surface area contributed by atoms with E-state index in [1.807, 2.05) is 19.2 Å². The summed E-state index contributed by atoms with van der Waals surface area (Å²) in [5.41, 5.74) is 1.63. The van der Waals surface area contributed by atoms with Gasteiger partial charge in [-0.15, -0.1) is 0 Å². The fourth-order valence-electron chi connectivity index (χ4n) is 1.31. The molecule has 0 aliphatic rings. The highest BCUT2D eigenvalue weighted by Gasteiger charge is 2.15. The highest BCUT2D eigenvalue weighted by atomic mass is 16.4. The van der Waals surface area contributed by atoms with Gasteiger partial charge in [-0.05, 0) is 37.6 Å². The van der Waals surface area contributed by atoms with Gasteiger partial charge in [0, 0.05) is 18.1 Å². The molecule has 0 aliphatic carbocycles. The van der Waals surface area contributed by atoms with E-state index in [0.29, 0.717) is 0 Å². The highest BCUT2D eigenvalue weighted by Crippen LogP contribution is 2.04. The molecule has 7 nitrogen and oxygen atoms in total. The standard InChI is InChI=1S/C7H5NO4.C7H9N.H2O/c9-6(10)4-2-1-3-8-5(4)7(11)12;1-6-4-3-5-8-7(6)2;/h1-3H,(H,9,10)(H,11,12);3-5H,1-2H3;1H2. The number of carboxylic acid groups (broad SMARTS) is 2. The van der Waals surface area contributed by atoms with Crippen molar-refractivity contribution in [3.63, 3.8) is 0 Å². The highest BCUT2D eigenvalue weighted by molar-refractivity contribution is 5.99. The van der Waals surface area contributed by atoms with Crippen molar-refractivity contribution in [3.8, 4) is 0 Å². The smallest absolute Gasteiger partial charge is 0.355 e.